The van der Waals surface area contributed by atoms with E-state index in [1.54, 1.807) is 0 Å². The van der Waals surface area contributed by atoms with Crippen LogP contribution in [0, 0.1) is 21.7 Å². The zero-order valence-corrected chi connectivity index (χ0v) is 60.1. The summed E-state index contributed by atoms with van der Waals surface area (Å²) in [5.41, 5.74) is -8.42. The molecule has 0 heterocycles. The summed E-state index contributed by atoms with van der Waals surface area (Å²) < 4.78 is 109. The molecule has 0 aliphatic rings. The molecule has 2 aromatic carbocycles. The minimum absolute atomic E-state index is 0.377. The quantitative estimate of drug-likeness (QED) is 0.0243. The SMILES string of the molecule is C=CC(=O)OCC(COC(=O)C=C)(COC(=O)C=C)COC(=O)c1ccc(C(=O)O)cc1C(=O)O.C=CC(=O)OCC(COC(=O)C=C)(COC(=O)C=C)COC(=O)c1ccccc1S(=O)(=O)O.C=CC(=O)OCC(COCC(COC(=O)C=C)(COC(=O)C=C)COC(=O)CC(=O)O)(COC(=O)C=C)COC(=O)C=C. The predicted octanol–water partition coefficient (Wildman–Crippen LogP) is 3.32. The first-order chi connectivity index (χ1) is 52.2. The molecule has 0 amide bonds. The topological polar surface area (TPSA) is 544 Å². The predicted molar refractivity (Wildman–Crippen MR) is 374 cm³/mol. The number of benzene rings is 2. The summed E-state index contributed by atoms with van der Waals surface area (Å²) in [5, 5.41) is 27.3. The van der Waals surface area contributed by atoms with Gasteiger partial charge in [-0.05, 0) is 30.3 Å². The molecule has 38 nitrogen and oxygen atoms in total. The van der Waals surface area contributed by atoms with Crippen LogP contribution in [-0.4, -0.2) is 235 Å². The summed E-state index contributed by atoms with van der Waals surface area (Å²) >= 11 is 0. The van der Waals surface area contributed by atoms with Crippen molar-refractivity contribution < 1.29 is 181 Å². The van der Waals surface area contributed by atoms with Crippen molar-refractivity contribution in [3.8, 4) is 0 Å². The number of hydrogen-bond acceptors (Lipinski definition) is 34. The maximum atomic E-state index is 12.7. The van der Waals surface area contributed by atoms with E-state index in [9.17, 15) is 99.6 Å². The highest BCUT2D eigenvalue weighted by atomic mass is 32.2. The highest BCUT2D eigenvalue weighted by Crippen LogP contribution is 2.29. The summed E-state index contributed by atoms with van der Waals surface area (Å²) in [7, 11) is -4.75. The minimum atomic E-state index is -4.75. The molecule has 0 radical (unpaired) electrons. The van der Waals surface area contributed by atoms with Gasteiger partial charge in [-0.3, -0.25) is 14.1 Å². The second-order valence-electron chi connectivity index (χ2n) is 22.1. The third kappa shape index (κ3) is 38.0. The van der Waals surface area contributed by atoms with Gasteiger partial charge in [-0.2, -0.15) is 8.42 Å². The molecular formula is C72H78O38S. The molecule has 0 atom stereocenters. The van der Waals surface area contributed by atoms with Gasteiger partial charge in [-0.25, -0.2) is 71.9 Å². The van der Waals surface area contributed by atoms with Crippen molar-refractivity contribution in [1.82, 2.24) is 0 Å². The Kier molecular flexibility index (Phi) is 44.0. The molecule has 0 spiro atoms. The van der Waals surface area contributed by atoms with E-state index in [4.69, 9.17) is 81.3 Å². The Hall–Kier alpha value is -13.6. The highest BCUT2D eigenvalue weighted by Gasteiger charge is 2.43. The fourth-order valence-electron chi connectivity index (χ4n) is 7.49. The molecule has 0 aliphatic carbocycles. The van der Waals surface area contributed by atoms with Gasteiger partial charge >= 0.3 is 101 Å². The molecule has 0 saturated heterocycles. The molecule has 0 bridgehead atoms. The first-order valence-corrected chi connectivity index (χ1v) is 32.4. The van der Waals surface area contributed by atoms with Gasteiger partial charge in [0, 0.05) is 66.8 Å². The largest absolute Gasteiger partial charge is 0.481 e. The van der Waals surface area contributed by atoms with Crippen molar-refractivity contribution in [2.45, 2.75) is 11.3 Å². The van der Waals surface area contributed by atoms with Crippen molar-refractivity contribution in [3.63, 3.8) is 0 Å². The molecular weight excluding hydrogens is 1500 g/mol. The summed E-state index contributed by atoms with van der Waals surface area (Å²) in [5.74, 6) is -17.7. The summed E-state index contributed by atoms with van der Waals surface area (Å²) in [6.07, 6.45) is 8.30. The number of esters is 14. The fraction of sp³-hybridized carbons (Fsp3) is 0.292. The lowest BCUT2D eigenvalue weighted by atomic mass is 9.90. The lowest BCUT2D eigenvalue weighted by Crippen LogP contribution is -2.47. The zero-order valence-electron chi connectivity index (χ0n) is 59.3. The Morgan fingerprint density at radius 3 is 0.793 bits per heavy atom. The van der Waals surface area contributed by atoms with Crippen LogP contribution in [0.3, 0.4) is 0 Å². The van der Waals surface area contributed by atoms with E-state index in [1.807, 2.05) is 0 Å². The van der Waals surface area contributed by atoms with Crippen LogP contribution in [-0.2, 0) is 144 Å². The third-order valence-electron chi connectivity index (χ3n) is 13.3. The molecule has 111 heavy (non-hydrogen) atoms. The van der Waals surface area contributed by atoms with E-state index >= 15 is 0 Å². The standard InChI is InChI=1S/C28H34O15.C23H22O12.C21H22O11S/c1-6-21(31)38-14-27(15-39-22(32)7-2,16-40-23(33)8-3)12-37-13-28(17-41-24(34)9-4,18-42-25(35)10-5)19-43-26(36)11-20(29)30;1-4-17(24)32-10-23(11-33-18(25)5-2,12-34-19(26)6-3)13-35-22(31)15-8-7-14(20(27)28)9-16(15)21(29)30;1-4-17(22)29-11-21(12-30-18(23)5-2,13-31-19(24)6-3)14-32-20(25)15-9-7-8-10-16(15)33(26,27)28/h6-10H,1-5,11-19H2,(H,29,30);4-9H,1-3,10-13H2,(H,27,28)(H,29,30);4-10H,1-3,11-14H2,(H,26,27,28). The van der Waals surface area contributed by atoms with Crippen LogP contribution in [0.2, 0.25) is 0 Å². The van der Waals surface area contributed by atoms with E-state index in [-0.39, 0.29) is 5.56 Å². The Bertz CT molecular complexity index is 3780. The van der Waals surface area contributed by atoms with Crippen LogP contribution in [0.25, 0.3) is 0 Å². The van der Waals surface area contributed by atoms with Gasteiger partial charge < -0.3 is 86.4 Å². The number of carbonyl (C=O) groups is 17. The van der Waals surface area contributed by atoms with E-state index in [1.165, 1.54) is 12.1 Å². The van der Waals surface area contributed by atoms with E-state index in [0.717, 1.165) is 97.2 Å². The van der Waals surface area contributed by atoms with E-state index < -0.39 is 267 Å². The van der Waals surface area contributed by atoms with Gasteiger partial charge in [0.2, 0.25) is 0 Å². The molecule has 4 N–H and O–H groups in total. The average molecular weight is 1580 g/mol. The molecule has 2 aromatic rings. The van der Waals surface area contributed by atoms with Crippen molar-refractivity contribution in [3.05, 3.63) is 204 Å². The maximum absolute atomic E-state index is 12.7. The monoisotopic (exact) mass is 1580 g/mol. The van der Waals surface area contributed by atoms with Crippen LogP contribution >= 0.6 is 0 Å². The molecule has 0 aliphatic heterocycles. The second kappa shape index (κ2) is 50.1. The lowest BCUT2D eigenvalue weighted by molar-refractivity contribution is -0.172. The van der Waals surface area contributed by atoms with Crippen LogP contribution in [0.4, 0.5) is 0 Å². The molecule has 600 valence electrons. The van der Waals surface area contributed by atoms with Gasteiger partial charge in [0.25, 0.3) is 10.1 Å². The van der Waals surface area contributed by atoms with Gasteiger partial charge in [-0.15, -0.1) is 0 Å². The normalized spacial score (nSPS) is 10.6. The third-order valence-corrected chi connectivity index (χ3v) is 14.2. The van der Waals surface area contributed by atoms with E-state index in [0.29, 0.717) is 0 Å². The van der Waals surface area contributed by atoms with Crippen LogP contribution in [0.5, 0.6) is 0 Å². The van der Waals surface area contributed by atoms with E-state index in [2.05, 4.69) is 72.4 Å². The lowest BCUT2D eigenvalue weighted by Gasteiger charge is -2.35. The van der Waals surface area contributed by atoms with Gasteiger partial charge in [0.15, 0.2) is 0 Å². The summed E-state index contributed by atoms with van der Waals surface area (Å²) in [6, 6.07) is 7.43. The zero-order chi connectivity index (χ0) is 84.6. The van der Waals surface area contributed by atoms with Crippen molar-refractivity contribution in [1.29, 1.82) is 0 Å². The number of hydrogen-bond donors (Lipinski definition) is 4. The minimum Gasteiger partial charge on any atom is -0.481 e. The number of aliphatic carboxylic acids is 1. The van der Waals surface area contributed by atoms with Crippen LogP contribution in [0.1, 0.15) is 47.9 Å². The van der Waals surface area contributed by atoms with Crippen molar-refractivity contribution >= 4 is 112 Å². The molecule has 0 unspecified atom stereocenters. The molecule has 0 aromatic heterocycles. The first-order valence-electron chi connectivity index (χ1n) is 30.9. The number of carboxylic acid groups (broad SMARTS) is 3. The molecule has 0 saturated carbocycles. The number of rotatable bonds is 50. The Morgan fingerprint density at radius 2 is 0.550 bits per heavy atom. The number of ether oxygens (including phenoxy) is 15. The average Bonchev–Trinajstić information content (AvgIpc) is 0.814. The molecule has 39 heteroatoms. The fourth-order valence-corrected chi connectivity index (χ4v) is 8.17. The van der Waals surface area contributed by atoms with Crippen LogP contribution in [0.15, 0.2) is 187 Å². The smallest absolute Gasteiger partial charge is 0.339 e. The summed E-state index contributed by atoms with van der Waals surface area (Å²) in [6.45, 7) is 26.6. The van der Waals surface area contributed by atoms with Crippen molar-refractivity contribution in [2.24, 2.45) is 21.7 Å². The van der Waals surface area contributed by atoms with Gasteiger partial charge in [0.05, 0.1) is 46.3 Å². The molecule has 2 rings (SSSR count). The Balaban J connectivity index is 0.00000165. The number of carboxylic acids is 3. The number of carbonyl (C=O) groups excluding carboxylic acids is 14. The number of aromatic carboxylic acids is 2. The Morgan fingerprint density at radius 1 is 0.306 bits per heavy atom. The maximum Gasteiger partial charge on any atom is 0.339 e. The van der Waals surface area contributed by atoms with Gasteiger partial charge in [-0.1, -0.05) is 84.5 Å². The van der Waals surface area contributed by atoms with Crippen molar-refractivity contribution in [2.75, 3.05) is 106 Å². The second-order valence-corrected chi connectivity index (χ2v) is 23.5. The summed E-state index contributed by atoms with van der Waals surface area (Å²) in [4.78, 5) is 199. The highest BCUT2D eigenvalue weighted by molar-refractivity contribution is 7.86. The Labute approximate surface area is 632 Å². The first kappa shape index (κ1) is 97.4. The van der Waals surface area contributed by atoms with Crippen LogP contribution < -0.4 is 0 Å². The molecule has 0 fully saturated rings. The van der Waals surface area contributed by atoms with Gasteiger partial charge in [0.1, 0.15) is 115 Å².